The van der Waals surface area contributed by atoms with Crippen molar-refractivity contribution in [1.29, 1.82) is 0 Å². The van der Waals surface area contributed by atoms with Gasteiger partial charge in [0.2, 0.25) is 0 Å². The molecule has 0 saturated heterocycles. The highest BCUT2D eigenvalue weighted by atomic mass is 32.8. The number of hydrogen-bond acceptors (Lipinski definition) is 5. The maximum Gasteiger partial charge on any atom is 0.141 e. The van der Waals surface area contributed by atoms with Gasteiger partial charge < -0.3 is 9.11 Å². The molecule has 0 fully saturated rings. The minimum absolute atomic E-state index is 0.186. The molecule has 0 radical (unpaired) electrons. The van der Waals surface area contributed by atoms with Crippen molar-refractivity contribution in [2.75, 3.05) is 23.0 Å². The molecular formula is C8H18O4S5. The second-order valence-corrected chi connectivity index (χ2v) is 11.1. The smallest absolute Gasteiger partial charge is 0.141 e. The van der Waals surface area contributed by atoms with Gasteiger partial charge in [-0.1, -0.05) is 0 Å². The third kappa shape index (κ3) is 17.0. The fraction of sp³-hybridized carbons (Fsp3) is 1.00. The molecule has 104 valence electrons. The van der Waals surface area contributed by atoms with Crippen molar-refractivity contribution in [3.63, 3.8) is 0 Å². The van der Waals surface area contributed by atoms with E-state index in [2.05, 4.69) is 22.4 Å². The summed E-state index contributed by atoms with van der Waals surface area (Å²) < 4.78 is 39.2. The van der Waals surface area contributed by atoms with Crippen LogP contribution in [0.25, 0.3) is 0 Å². The first-order valence-corrected chi connectivity index (χ1v) is 11.6. The fourth-order valence-electron chi connectivity index (χ4n) is 1.08. The van der Waals surface area contributed by atoms with Crippen molar-refractivity contribution < 1.29 is 17.5 Å². The Kier molecular flexibility index (Phi) is 9.53. The van der Waals surface area contributed by atoms with Crippen LogP contribution in [0.1, 0.15) is 25.7 Å². The summed E-state index contributed by atoms with van der Waals surface area (Å²) in [6.07, 6.45) is 3.08. The SMILES string of the molecule is O=S(O)(=S)CCCCSCCCCS(=O)(O)=S. The second kappa shape index (κ2) is 9.00. The molecule has 0 aromatic rings. The van der Waals surface area contributed by atoms with Gasteiger partial charge in [0, 0.05) is 33.9 Å². The van der Waals surface area contributed by atoms with Gasteiger partial charge in [0.1, 0.15) is 17.5 Å². The van der Waals surface area contributed by atoms with E-state index in [9.17, 15) is 8.42 Å². The molecule has 0 aromatic carbocycles. The van der Waals surface area contributed by atoms with Crippen LogP contribution in [0.3, 0.4) is 0 Å². The predicted octanol–water partition coefficient (Wildman–Crippen LogP) is 1.72. The topological polar surface area (TPSA) is 74.6 Å². The van der Waals surface area contributed by atoms with Crippen molar-refractivity contribution >= 4 is 51.7 Å². The molecule has 0 bridgehead atoms. The highest BCUT2D eigenvalue weighted by Gasteiger charge is 2.01. The van der Waals surface area contributed by atoms with Crippen molar-refractivity contribution in [3.05, 3.63) is 0 Å². The van der Waals surface area contributed by atoms with Crippen LogP contribution in [0, 0.1) is 0 Å². The Balaban J connectivity index is 3.25. The Morgan fingerprint density at radius 3 is 1.47 bits per heavy atom. The molecule has 9 heteroatoms. The number of thioether (sulfide) groups is 1. The minimum atomic E-state index is -2.99. The average molecular weight is 339 g/mol. The van der Waals surface area contributed by atoms with E-state index in [0.717, 1.165) is 24.3 Å². The molecule has 2 unspecified atom stereocenters. The molecule has 0 aliphatic carbocycles. The molecule has 0 spiro atoms. The Morgan fingerprint density at radius 1 is 0.824 bits per heavy atom. The molecule has 0 saturated carbocycles. The highest BCUT2D eigenvalue weighted by Crippen LogP contribution is 2.09. The fourth-order valence-corrected chi connectivity index (χ4v) is 3.94. The highest BCUT2D eigenvalue weighted by molar-refractivity contribution is 8.30. The maximum absolute atomic E-state index is 10.8. The van der Waals surface area contributed by atoms with Crippen LogP contribution in [0.4, 0.5) is 0 Å². The molecule has 2 N–H and O–H groups in total. The Labute approximate surface area is 117 Å². The summed E-state index contributed by atoms with van der Waals surface area (Å²) in [7, 11) is -5.98. The van der Waals surface area contributed by atoms with Gasteiger partial charge in [0.25, 0.3) is 0 Å². The average Bonchev–Trinajstić information content (AvgIpc) is 2.11. The second-order valence-electron chi connectivity index (χ2n) is 3.60. The lowest BCUT2D eigenvalue weighted by Crippen LogP contribution is -2.03. The van der Waals surface area contributed by atoms with E-state index >= 15 is 0 Å². The van der Waals surface area contributed by atoms with Gasteiger partial charge in [0.15, 0.2) is 0 Å². The zero-order chi connectivity index (χ0) is 13.4. The van der Waals surface area contributed by atoms with Crippen molar-refractivity contribution in [2.24, 2.45) is 0 Å². The molecule has 0 aromatic heterocycles. The van der Waals surface area contributed by atoms with E-state index in [0.29, 0.717) is 12.8 Å². The van der Waals surface area contributed by atoms with Gasteiger partial charge in [-0.3, -0.25) is 0 Å². The van der Waals surface area contributed by atoms with Crippen molar-refractivity contribution in [3.8, 4) is 0 Å². The van der Waals surface area contributed by atoms with Gasteiger partial charge in [-0.15, -0.1) is 0 Å². The maximum atomic E-state index is 10.8. The van der Waals surface area contributed by atoms with Crippen molar-refractivity contribution in [1.82, 2.24) is 0 Å². The molecule has 0 heterocycles. The zero-order valence-corrected chi connectivity index (χ0v) is 13.5. The molecule has 2 atom stereocenters. The van der Waals surface area contributed by atoms with Crippen LogP contribution in [0.15, 0.2) is 0 Å². The first-order chi connectivity index (χ1) is 7.71. The van der Waals surface area contributed by atoms with Crippen molar-refractivity contribution in [2.45, 2.75) is 25.7 Å². The zero-order valence-electron chi connectivity index (χ0n) is 9.41. The Bertz CT molecular complexity index is 348. The Hall–Kier alpha value is 1.01. The van der Waals surface area contributed by atoms with Crippen LogP contribution in [-0.2, 0) is 39.9 Å². The predicted molar refractivity (Wildman–Crippen MR) is 81.8 cm³/mol. The van der Waals surface area contributed by atoms with Crippen LogP contribution < -0.4 is 0 Å². The quantitative estimate of drug-likeness (QED) is 0.587. The van der Waals surface area contributed by atoms with E-state index in [1.54, 1.807) is 11.8 Å². The van der Waals surface area contributed by atoms with Gasteiger partial charge in [-0.25, -0.2) is 8.42 Å². The summed E-state index contributed by atoms with van der Waals surface area (Å²) in [5, 5.41) is 0. The van der Waals surface area contributed by atoms with Gasteiger partial charge in [-0.2, -0.15) is 11.8 Å². The molecular weight excluding hydrogens is 320 g/mol. The van der Waals surface area contributed by atoms with Gasteiger partial charge >= 0.3 is 0 Å². The Morgan fingerprint density at radius 2 is 1.18 bits per heavy atom. The van der Waals surface area contributed by atoms with Gasteiger partial charge in [0.05, 0.1) is 0 Å². The van der Waals surface area contributed by atoms with Crippen LogP contribution in [0.5, 0.6) is 0 Å². The number of unbranched alkanes of at least 4 members (excludes halogenated alkanes) is 2. The van der Waals surface area contributed by atoms with Crippen LogP contribution in [0.2, 0.25) is 0 Å². The van der Waals surface area contributed by atoms with Crippen LogP contribution in [-0.4, -0.2) is 40.5 Å². The lowest BCUT2D eigenvalue weighted by molar-refractivity contribution is 0.557. The lowest BCUT2D eigenvalue weighted by atomic mass is 10.4. The molecule has 0 rings (SSSR count). The minimum Gasteiger partial charge on any atom is -0.306 e. The van der Waals surface area contributed by atoms with Gasteiger partial charge in [-0.05, 0) is 37.2 Å². The van der Waals surface area contributed by atoms with E-state index in [1.165, 1.54) is 0 Å². The third-order valence-corrected chi connectivity index (χ3v) is 5.65. The van der Waals surface area contributed by atoms with Crippen LogP contribution >= 0.6 is 11.8 Å². The molecule has 0 amide bonds. The summed E-state index contributed by atoms with van der Waals surface area (Å²) in [4.78, 5) is 0. The number of rotatable bonds is 10. The lowest BCUT2D eigenvalue weighted by Gasteiger charge is -2.02. The number of hydrogen-bond donors (Lipinski definition) is 2. The monoisotopic (exact) mass is 338 g/mol. The van der Waals surface area contributed by atoms with E-state index in [4.69, 9.17) is 9.11 Å². The first kappa shape index (κ1) is 18.0. The summed E-state index contributed by atoms with van der Waals surface area (Å²) in [6, 6.07) is 0. The molecule has 0 aliphatic rings. The summed E-state index contributed by atoms with van der Waals surface area (Å²) >= 11 is 10.5. The molecule has 0 aliphatic heterocycles. The molecule has 4 nitrogen and oxygen atoms in total. The summed E-state index contributed by atoms with van der Waals surface area (Å²) in [5.41, 5.74) is 0. The first-order valence-electron chi connectivity index (χ1n) is 5.19. The molecule has 17 heavy (non-hydrogen) atoms. The van der Waals surface area contributed by atoms with E-state index in [1.807, 2.05) is 0 Å². The third-order valence-electron chi connectivity index (χ3n) is 1.88. The summed E-state index contributed by atoms with van der Waals surface area (Å²) in [6.45, 7) is 0. The summed E-state index contributed by atoms with van der Waals surface area (Å²) in [5.74, 6) is 2.22. The van der Waals surface area contributed by atoms with E-state index < -0.39 is 17.5 Å². The standard InChI is InChI=1S/C8H18O4S5/c9-16(10,13)7-3-1-5-15-6-2-4-8-17(11,12)14/h1-8H2,(H,9,10,13)(H,11,12,14). The van der Waals surface area contributed by atoms with E-state index in [-0.39, 0.29) is 11.5 Å². The largest absolute Gasteiger partial charge is 0.306 e. The normalized spacial score (nSPS) is 18.5.